The SMILES string of the molecule is CC1(C)CC(=O)C2=C(C1)Nc1cc(C(=O)c3ccccc3)ccc1N[C@@H]2c1cccc(O)c1. The molecule has 166 valence electrons. The molecular weight excluding hydrogens is 412 g/mol. The quantitative estimate of drug-likeness (QED) is 0.448. The van der Waals surface area contributed by atoms with E-state index in [1.807, 2.05) is 36.4 Å². The van der Waals surface area contributed by atoms with E-state index >= 15 is 0 Å². The van der Waals surface area contributed by atoms with E-state index in [9.17, 15) is 14.7 Å². The molecule has 5 heteroatoms. The summed E-state index contributed by atoms with van der Waals surface area (Å²) in [5.74, 6) is 0.187. The van der Waals surface area contributed by atoms with Gasteiger partial charge in [0.2, 0.25) is 0 Å². The van der Waals surface area contributed by atoms with Crippen LogP contribution in [0.25, 0.3) is 0 Å². The number of carbonyl (C=O) groups excluding carboxylic acids is 2. The minimum Gasteiger partial charge on any atom is -0.508 e. The number of ketones is 2. The molecule has 0 saturated carbocycles. The lowest BCUT2D eigenvalue weighted by molar-refractivity contribution is -0.118. The van der Waals surface area contributed by atoms with Gasteiger partial charge in [-0.2, -0.15) is 0 Å². The van der Waals surface area contributed by atoms with Gasteiger partial charge in [-0.3, -0.25) is 9.59 Å². The molecule has 3 N–H and O–H groups in total. The molecule has 0 radical (unpaired) electrons. The molecule has 0 unspecified atom stereocenters. The number of aromatic hydroxyl groups is 1. The second-order valence-electron chi connectivity index (χ2n) is 9.59. The molecule has 2 aliphatic rings. The minimum absolute atomic E-state index is 0.0526. The highest BCUT2D eigenvalue weighted by molar-refractivity contribution is 6.10. The average molecular weight is 439 g/mol. The Morgan fingerprint density at radius 1 is 0.909 bits per heavy atom. The lowest BCUT2D eigenvalue weighted by Crippen LogP contribution is -2.31. The molecule has 1 aliphatic heterocycles. The number of Topliss-reactive ketones (excluding diaryl/α,β-unsaturated/α-hetero) is 1. The summed E-state index contributed by atoms with van der Waals surface area (Å²) in [4.78, 5) is 26.4. The molecule has 33 heavy (non-hydrogen) atoms. The molecule has 0 saturated heterocycles. The van der Waals surface area contributed by atoms with Crippen molar-refractivity contribution in [2.75, 3.05) is 10.6 Å². The zero-order valence-electron chi connectivity index (χ0n) is 18.7. The molecule has 0 spiro atoms. The fourth-order valence-electron chi connectivity index (χ4n) is 4.80. The maximum atomic E-state index is 13.3. The smallest absolute Gasteiger partial charge is 0.193 e. The van der Waals surface area contributed by atoms with Crippen molar-refractivity contribution < 1.29 is 14.7 Å². The first-order valence-corrected chi connectivity index (χ1v) is 11.1. The van der Waals surface area contributed by atoms with Gasteiger partial charge in [-0.05, 0) is 47.7 Å². The fraction of sp³-hybridized carbons (Fsp3) is 0.214. The molecule has 1 aliphatic carbocycles. The number of hydrogen-bond acceptors (Lipinski definition) is 5. The summed E-state index contributed by atoms with van der Waals surface area (Å²) in [6.07, 6.45) is 1.17. The number of benzene rings is 3. The molecule has 0 fully saturated rings. The monoisotopic (exact) mass is 438 g/mol. The highest BCUT2D eigenvalue weighted by Gasteiger charge is 2.38. The summed E-state index contributed by atoms with van der Waals surface area (Å²) >= 11 is 0. The van der Waals surface area contributed by atoms with Crippen LogP contribution < -0.4 is 10.6 Å². The van der Waals surface area contributed by atoms with Crippen LogP contribution in [0, 0.1) is 5.41 Å². The van der Waals surface area contributed by atoms with Gasteiger partial charge in [0, 0.05) is 28.8 Å². The normalized spacial score (nSPS) is 19.0. The zero-order chi connectivity index (χ0) is 23.2. The number of carbonyl (C=O) groups is 2. The van der Waals surface area contributed by atoms with E-state index in [2.05, 4.69) is 24.5 Å². The number of fused-ring (bicyclic) bond motifs is 1. The van der Waals surface area contributed by atoms with E-state index < -0.39 is 6.04 Å². The van der Waals surface area contributed by atoms with E-state index in [0.717, 1.165) is 22.6 Å². The maximum absolute atomic E-state index is 13.3. The number of nitrogens with one attached hydrogen (secondary N) is 2. The Morgan fingerprint density at radius 2 is 1.70 bits per heavy atom. The van der Waals surface area contributed by atoms with Crippen LogP contribution in [0.2, 0.25) is 0 Å². The maximum Gasteiger partial charge on any atom is 0.193 e. The van der Waals surface area contributed by atoms with Gasteiger partial charge in [-0.25, -0.2) is 0 Å². The van der Waals surface area contributed by atoms with Gasteiger partial charge >= 0.3 is 0 Å². The number of hydrogen-bond donors (Lipinski definition) is 3. The largest absolute Gasteiger partial charge is 0.508 e. The van der Waals surface area contributed by atoms with E-state index in [-0.39, 0.29) is 22.7 Å². The summed E-state index contributed by atoms with van der Waals surface area (Å²) in [6.45, 7) is 4.18. The zero-order valence-corrected chi connectivity index (χ0v) is 18.7. The van der Waals surface area contributed by atoms with Gasteiger partial charge in [0.05, 0.1) is 17.4 Å². The minimum atomic E-state index is -0.403. The third-order valence-electron chi connectivity index (χ3n) is 6.32. The molecule has 3 aromatic rings. The Balaban J connectivity index is 1.61. The van der Waals surface area contributed by atoms with Crippen LogP contribution >= 0.6 is 0 Å². The Hall–Kier alpha value is -3.86. The Bertz CT molecular complexity index is 1290. The molecule has 0 amide bonds. The van der Waals surface area contributed by atoms with Crippen molar-refractivity contribution in [3.63, 3.8) is 0 Å². The van der Waals surface area contributed by atoms with E-state index in [0.29, 0.717) is 29.5 Å². The van der Waals surface area contributed by atoms with Crippen molar-refractivity contribution in [1.29, 1.82) is 0 Å². The van der Waals surface area contributed by atoms with Crippen LogP contribution in [-0.2, 0) is 4.79 Å². The van der Waals surface area contributed by atoms with Crippen molar-refractivity contribution in [1.82, 2.24) is 0 Å². The van der Waals surface area contributed by atoms with Gasteiger partial charge in [0.1, 0.15) is 5.75 Å². The predicted octanol–water partition coefficient (Wildman–Crippen LogP) is 5.85. The first-order valence-electron chi connectivity index (χ1n) is 11.1. The molecule has 3 aromatic carbocycles. The summed E-state index contributed by atoms with van der Waals surface area (Å²) in [6, 6.07) is 21.3. The van der Waals surface area contributed by atoms with Crippen LogP contribution in [0.3, 0.4) is 0 Å². The van der Waals surface area contributed by atoms with Crippen molar-refractivity contribution in [3.05, 3.63) is 101 Å². The van der Waals surface area contributed by atoms with Crippen molar-refractivity contribution in [2.24, 2.45) is 5.41 Å². The Morgan fingerprint density at radius 3 is 2.45 bits per heavy atom. The van der Waals surface area contributed by atoms with E-state index in [1.54, 1.807) is 36.4 Å². The lowest BCUT2D eigenvalue weighted by atomic mass is 9.73. The number of rotatable bonds is 3. The third-order valence-corrected chi connectivity index (χ3v) is 6.32. The number of phenols is 1. The molecule has 5 rings (SSSR count). The van der Waals surface area contributed by atoms with Crippen molar-refractivity contribution >= 4 is 22.9 Å². The Labute approximate surface area is 193 Å². The fourth-order valence-corrected chi connectivity index (χ4v) is 4.80. The van der Waals surface area contributed by atoms with Crippen LogP contribution in [0.5, 0.6) is 5.75 Å². The van der Waals surface area contributed by atoms with Crippen LogP contribution in [0.15, 0.2) is 84.1 Å². The molecule has 5 nitrogen and oxygen atoms in total. The standard InChI is InChI=1S/C28H26N2O3/c1-28(2)15-23-25(24(32)16-28)26(18-9-6-10-20(31)13-18)30-21-12-11-19(14-22(21)29-23)27(33)17-7-4-3-5-8-17/h3-14,26,29-31H,15-16H2,1-2H3/t26-/m1/s1. The number of allylic oxidation sites excluding steroid dienone is 1. The van der Waals surface area contributed by atoms with Gasteiger partial charge in [0.15, 0.2) is 11.6 Å². The summed E-state index contributed by atoms with van der Waals surface area (Å²) in [5, 5.41) is 17.1. The molecule has 0 bridgehead atoms. The molecule has 1 heterocycles. The highest BCUT2D eigenvalue weighted by atomic mass is 16.3. The van der Waals surface area contributed by atoms with Crippen LogP contribution in [0.1, 0.15) is 54.2 Å². The van der Waals surface area contributed by atoms with Gasteiger partial charge in [-0.1, -0.05) is 56.3 Å². The second-order valence-corrected chi connectivity index (χ2v) is 9.59. The topological polar surface area (TPSA) is 78.4 Å². The number of phenolic OH excluding ortho intramolecular Hbond substituents is 1. The van der Waals surface area contributed by atoms with E-state index in [4.69, 9.17) is 0 Å². The predicted molar refractivity (Wildman–Crippen MR) is 129 cm³/mol. The lowest BCUT2D eigenvalue weighted by Gasteiger charge is -2.34. The van der Waals surface area contributed by atoms with Crippen molar-refractivity contribution in [2.45, 2.75) is 32.7 Å². The van der Waals surface area contributed by atoms with Crippen molar-refractivity contribution in [3.8, 4) is 5.75 Å². The highest BCUT2D eigenvalue weighted by Crippen LogP contribution is 2.46. The van der Waals surface area contributed by atoms with E-state index in [1.165, 1.54) is 0 Å². The van der Waals surface area contributed by atoms with Gasteiger partial charge in [0.25, 0.3) is 0 Å². The molecule has 1 atom stereocenters. The molecular formula is C28H26N2O3. The van der Waals surface area contributed by atoms with Gasteiger partial charge < -0.3 is 15.7 Å². The summed E-state index contributed by atoms with van der Waals surface area (Å²) in [7, 11) is 0. The second kappa shape index (κ2) is 7.93. The summed E-state index contributed by atoms with van der Waals surface area (Å²) < 4.78 is 0. The Kier molecular flexibility index (Phi) is 5.05. The average Bonchev–Trinajstić information content (AvgIpc) is 2.94. The summed E-state index contributed by atoms with van der Waals surface area (Å²) in [5.41, 5.74) is 4.96. The van der Waals surface area contributed by atoms with Crippen LogP contribution in [-0.4, -0.2) is 16.7 Å². The third kappa shape index (κ3) is 4.02. The van der Waals surface area contributed by atoms with Gasteiger partial charge in [-0.15, -0.1) is 0 Å². The number of anilines is 2. The first kappa shape index (κ1) is 21.0. The molecule has 0 aromatic heterocycles. The first-order chi connectivity index (χ1) is 15.8. The van der Waals surface area contributed by atoms with Crippen LogP contribution in [0.4, 0.5) is 11.4 Å².